The van der Waals surface area contributed by atoms with Gasteiger partial charge in [-0.05, 0) is 48.9 Å². The number of hydrogen-bond donors (Lipinski definition) is 1. The highest BCUT2D eigenvalue weighted by molar-refractivity contribution is 6.30. The largest absolute Gasteiger partial charge is 0.480 e. The monoisotopic (exact) mass is 327 g/mol. The van der Waals surface area contributed by atoms with E-state index in [0.29, 0.717) is 16.3 Å². The van der Waals surface area contributed by atoms with E-state index in [1.165, 1.54) is 0 Å². The molecule has 3 aromatic rings. The Bertz CT molecular complexity index is 910. The van der Waals surface area contributed by atoms with Crippen molar-refractivity contribution in [2.75, 3.05) is 0 Å². The van der Waals surface area contributed by atoms with Crippen molar-refractivity contribution in [2.45, 2.75) is 13.5 Å². The summed E-state index contributed by atoms with van der Waals surface area (Å²) in [4.78, 5) is 24.0. The average molecular weight is 328 g/mol. The SMILES string of the molecule is Cc1ccc2cc(C(=O)c3ccc(Cl)cc3)n(CC(=O)O)c2c1. The van der Waals surface area contributed by atoms with E-state index in [4.69, 9.17) is 11.6 Å². The highest BCUT2D eigenvalue weighted by Crippen LogP contribution is 2.24. The number of aliphatic carboxylic acids is 1. The van der Waals surface area contributed by atoms with E-state index >= 15 is 0 Å². The van der Waals surface area contributed by atoms with Crippen LogP contribution in [-0.4, -0.2) is 21.4 Å². The summed E-state index contributed by atoms with van der Waals surface area (Å²) < 4.78 is 1.54. The third kappa shape index (κ3) is 2.98. The molecule has 3 rings (SSSR count). The molecule has 116 valence electrons. The predicted molar refractivity (Wildman–Crippen MR) is 89.2 cm³/mol. The zero-order valence-electron chi connectivity index (χ0n) is 12.4. The Morgan fingerprint density at radius 2 is 1.78 bits per heavy atom. The molecule has 4 nitrogen and oxygen atoms in total. The molecule has 1 heterocycles. The molecule has 0 spiro atoms. The molecule has 0 aliphatic rings. The average Bonchev–Trinajstić information content (AvgIpc) is 2.85. The summed E-state index contributed by atoms with van der Waals surface area (Å²) >= 11 is 5.85. The fraction of sp³-hybridized carbons (Fsp3) is 0.111. The van der Waals surface area contributed by atoms with E-state index in [1.54, 1.807) is 34.9 Å². The molecule has 0 amide bonds. The maximum absolute atomic E-state index is 12.8. The Labute approximate surface area is 137 Å². The van der Waals surface area contributed by atoms with Gasteiger partial charge in [-0.1, -0.05) is 23.7 Å². The van der Waals surface area contributed by atoms with Crippen molar-refractivity contribution in [3.63, 3.8) is 0 Å². The molecule has 1 aromatic heterocycles. The number of ketones is 1. The summed E-state index contributed by atoms with van der Waals surface area (Å²) in [6, 6.07) is 14.0. The van der Waals surface area contributed by atoms with Gasteiger partial charge >= 0.3 is 5.97 Å². The highest BCUT2D eigenvalue weighted by Gasteiger charge is 2.18. The van der Waals surface area contributed by atoms with Crippen molar-refractivity contribution >= 4 is 34.3 Å². The molecule has 0 saturated heterocycles. The molecular formula is C18H14ClNO3. The number of carbonyl (C=O) groups is 2. The van der Waals surface area contributed by atoms with Gasteiger partial charge in [0.2, 0.25) is 5.78 Å². The zero-order valence-corrected chi connectivity index (χ0v) is 13.2. The number of rotatable bonds is 4. The number of halogens is 1. The summed E-state index contributed by atoms with van der Waals surface area (Å²) in [5.41, 5.74) is 2.58. The summed E-state index contributed by atoms with van der Waals surface area (Å²) in [6.07, 6.45) is 0. The number of benzene rings is 2. The smallest absolute Gasteiger partial charge is 0.323 e. The van der Waals surface area contributed by atoms with E-state index in [0.717, 1.165) is 16.5 Å². The number of hydrogen-bond acceptors (Lipinski definition) is 2. The first-order valence-electron chi connectivity index (χ1n) is 7.07. The molecule has 5 heteroatoms. The van der Waals surface area contributed by atoms with E-state index in [2.05, 4.69) is 0 Å². The van der Waals surface area contributed by atoms with Crippen molar-refractivity contribution in [2.24, 2.45) is 0 Å². The van der Waals surface area contributed by atoms with Crippen LogP contribution in [0.4, 0.5) is 0 Å². The maximum Gasteiger partial charge on any atom is 0.323 e. The number of aromatic nitrogens is 1. The van der Waals surface area contributed by atoms with Gasteiger partial charge in [0.05, 0.1) is 5.69 Å². The molecule has 0 bridgehead atoms. The second-order valence-corrected chi connectivity index (χ2v) is 5.84. The normalized spacial score (nSPS) is 10.9. The third-order valence-electron chi connectivity index (χ3n) is 3.69. The van der Waals surface area contributed by atoms with Crippen LogP contribution in [0.15, 0.2) is 48.5 Å². The van der Waals surface area contributed by atoms with E-state index in [-0.39, 0.29) is 12.3 Å². The fourth-order valence-electron chi connectivity index (χ4n) is 2.61. The van der Waals surface area contributed by atoms with Crippen LogP contribution < -0.4 is 0 Å². The molecule has 0 saturated carbocycles. The number of carbonyl (C=O) groups excluding carboxylic acids is 1. The highest BCUT2D eigenvalue weighted by atomic mass is 35.5. The van der Waals surface area contributed by atoms with E-state index < -0.39 is 5.97 Å². The van der Waals surface area contributed by atoms with E-state index in [1.807, 2.05) is 25.1 Å². The van der Waals surface area contributed by atoms with Gasteiger partial charge in [-0.15, -0.1) is 0 Å². The van der Waals surface area contributed by atoms with Crippen LogP contribution in [-0.2, 0) is 11.3 Å². The maximum atomic E-state index is 12.8. The number of nitrogens with zero attached hydrogens (tertiary/aromatic N) is 1. The van der Waals surface area contributed by atoms with E-state index in [9.17, 15) is 14.7 Å². The summed E-state index contributed by atoms with van der Waals surface area (Å²) in [6.45, 7) is 1.67. The topological polar surface area (TPSA) is 59.3 Å². The quantitative estimate of drug-likeness (QED) is 0.739. The number of carboxylic acids is 1. The van der Waals surface area contributed by atoms with Crippen LogP contribution >= 0.6 is 11.6 Å². The second kappa shape index (κ2) is 5.89. The van der Waals surface area contributed by atoms with Crippen LogP contribution in [0.2, 0.25) is 5.02 Å². The third-order valence-corrected chi connectivity index (χ3v) is 3.94. The lowest BCUT2D eigenvalue weighted by Gasteiger charge is -2.08. The molecule has 1 N–H and O–H groups in total. The fourth-order valence-corrected chi connectivity index (χ4v) is 2.73. The molecule has 0 fully saturated rings. The summed E-state index contributed by atoms with van der Waals surface area (Å²) in [5, 5.41) is 10.6. The van der Waals surface area contributed by atoms with Crippen molar-refractivity contribution in [1.29, 1.82) is 0 Å². The molecule has 2 aromatic carbocycles. The standard InChI is InChI=1S/C18H14ClNO3/c1-11-2-3-13-9-16(20(10-17(21)22)15(13)8-11)18(23)12-4-6-14(19)7-5-12/h2-9H,10H2,1H3,(H,21,22). The van der Waals surface area contributed by atoms with Crippen LogP contribution in [0.5, 0.6) is 0 Å². The molecule has 0 atom stereocenters. The van der Waals surface area contributed by atoms with Crippen molar-refractivity contribution in [3.05, 3.63) is 70.4 Å². The van der Waals surface area contributed by atoms with Crippen molar-refractivity contribution < 1.29 is 14.7 Å². The number of carboxylic acid groups (broad SMARTS) is 1. The first-order chi connectivity index (χ1) is 11.0. The lowest BCUT2D eigenvalue weighted by Crippen LogP contribution is -2.15. The van der Waals surface area contributed by atoms with Crippen molar-refractivity contribution in [3.8, 4) is 0 Å². The first-order valence-corrected chi connectivity index (χ1v) is 7.45. The minimum Gasteiger partial charge on any atom is -0.480 e. The second-order valence-electron chi connectivity index (χ2n) is 5.41. The van der Waals surface area contributed by atoms with Gasteiger partial charge < -0.3 is 9.67 Å². The summed E-state index contributed by atoms with van der Waals surface area (Å²) in [7, 11) is 0. The van der Waals surface area contributed by atoms with Crippen LogP contribution in [0.25, 0.3) is 10.9 Å². The first kappa shape index (κ1) is 15.3. The van der Waals surface area contributed by atoms with Gasteiger partial charge in [-0.25, -0.2) is 0 Å². The summed E-state index contributed by atoms with van der Waals surface area (Å²) in [5.74, 6) is -1.22. The predicted octanol–water partition coefficient (Wildman–Crippen LogP) is 3.92. The Hall–Kier alpha value is -2.59. The number of aryl methyl sites for hydroxylation is 1. The lowest BCUT2D eigenvalue weighted by molar-refractivity contribution is -0.137. The van der Waals surface area contributed by atoms with Gasteiger partial charge in [0.25, 0.3) is 0 Å². The van der Waals surface area contributed by atoms with Crippen LogP contribution in [0, 0.1) is 6.92 Å². The lowest BCUT2D eigenvalue weighted by atomic mass is 10.1. The van der Waals surface area contributed by atoms with Gasteiger partial charge in [0, 0.05) is 21.5 Å². The molecule has 0 unspecified atom stereocenters. The van der Waals surface area contributed by atoms with Crippen molar-refractivity contribution in [1.82, 2.24) is 4.57 Å². The van der Waals surface area contributed by atoms with Crippen LogP contribution in [0.1, 0.15) is 21.6 Å². The molecule has 0 radical (unpaired) electrons. The van der Waals surface area contributed by atoms with Crippen LogP contribution in [0.3, 0.4) is 0 Å². The van der Waals surface area contributed by atoms with Gasteiger partial charge in [-0.2, -0.15) is 0 Å². The van der Waals surface area contributed by atoms with Gasteiger partial charge in [0.1, 0.15) is 6.54 Å². The minimum absolute atomic E-state index is 0.225. The Morgan fingerprint density at radius 3 is 2.43 bits per heavy atom. The van der Waals surface area contributed by atoms with Gasteiger partial charge in [0.15, 0.2) is 0 Å². The Morgan fingerprint density at radius 1 is 1.09 bits per heavy atom. The molecular weight excluding hydrogens is 314 g/mol. The number of fused-ring (bicyclic) bond motifs is 1. The zero-order chi connectivity index (χ0) is 16.6. The molecule has 0 aliphatic carbocycles. The molecule has 0 aliphatic heterocycles. The Balaban J connectivity index is 2.17. The molecule has 23 heavy (non-hydrogen) atoms. The minimum atomic E-state index is -0.992. The Kier molecular flexibility index (Phi) is 3.92. The van der Waals surface area contributed by atoms with Gasteiger partial charge in [-0.3, -0.25) is 9.59 Å².